The summed E-state index contributed by atoms with van der Waals surface area (Å²) in [7, 11) is 1.70. The van der Waals surface area contributed by atoms with Gasteiger partial charge in [-0.3, -0.25) is 14.2 Å². The zero-order chi connectivity index (χ0) is 24.1. The van der Waals surface area contributed by atoms with Gasteiger partial charge in [-0.1, -0.05) is 60.7 Å². The molecule has 0 bridgehead atoms. The van der Waals surface area contributed by atoms with E-state index in [0.29, 0.717) is 33.6 Å². The number of amides is 1. The summed E-state index contributed by atoms with van der Waals surface area (Å²) < 4.78 is 6.73. The molecule has 4 rings (SSSR count). The topological polar surface area (TPSA) is 81.5 Å². The van der Waals surface area contributed by atoms with Crippen LogP contribution in [0.3, 0.4) is 0 Å². The van der Waals surface area contributed by atoms with Gasteiger partial charge in [0.2, 0.25) is 5.91 Å². The molecule has 0 aliphatic heterocycles. The second-order valence-corrected chi connectivity index (χ2v) is 9.02. The third kappa shape index (κ3) is 5.23. The Balaban J connectivity index is 1.46. The molecule has 0 atom stereocenters. The van der Waals surface area contributed by atoms with E-state index in [0.717, 1.165) is 22.5 Å². The number of aryl methyl sites for hydroxylation is 1. The fourth-order valence-electron chi connectivity index (χ4n) is 3.65. The lowest BCUT2D eigenvalue weighted by Crippen LogP contribution is -2.33. The lowest BCUT2D eigenvalue weighted by atomic mass is 10.2. The summed E-state index contributed by atoms with van der Waals surface area (Å²) in [5.74, 6) is -0.679. The van der Waals surface area contributed by atoms with Gasteiger partial charge in [-0.2, -0.15) is 0 Å². The lowest BCUT2D eigenvalue weighted by molar-refractivity contribution is -0.131. The molecule has 174 valence electrons. The van der Waals surface area contributed by atoms with Crippen LogP contribution in [0.4, 0.5) is 0 Å². The molecule has 0 spiro atoms. The second-order valence-electron chi connectivity index (χ2n) is 8.02. The molecular formula is C26H25N3O4S. The number of rotatable bonds is 8. The Kier molecular flexibility index (Phi) is 7.18. The molecule has 0 saturated heterocycles. The van der Waals surface area contributed by atoms with Crippen molar-refractivity contribution in [1.82, 2.24) is 14.5 Å². The number of fused-ring (bicyclic) bond motifs is 1. The summed E-state index contributed by atoms with van der Waals surface area (Å²) in [4.78, 5) is 45.2. The van der Waals surface area contributed by atoms with Crippen molar-refractivity contribution in [3.05, 3.63) is 98.9 Å². The van der Waals surface area contributed by atoms with Crippen molar-refractivity contribution in [3.8, 4) is 0 Å². The summed E-state index contributed by atoms with van der Waals surface area (Å²) in [5, 5.41) is 0.348. The van der Waals surface area contributed by atoms with Crippen molar-refractivity contribution in [2.75, 3.05) is 13.7 Å². The highest BCUT2D eigenvalue weighted by atomic mass is 32.1. The molecular weight excluding hydrogens is 450 g/mol. The Bertz CT molecular complexity index is 1360. The van der Waals surface area contributed by atoms with E-state index in [1.165, 1.54) is 10.9 Å². The monoisotopic (exact) mass is 475 g/mol. The van der Waals surface area contributed by atoms with E-state index in [2.05, 4.69) is 4.98 Å². The summed E-state index contributed by atoms with van der Waals surface area (Å²) in [6, 6.07) is 19.4. The minimum atomic E-state index is -0.471. The van der Waals surface area contributed by atoms with E-state index in [4.69, 9.17) is 4.74 Å². The molecule has 0 radical (unpaired) electrons. The number of likely N-dealkylation sites (N-methyl/N-ethyl adjacent to an activating group) is 1. The first kappa shape index (κ1) is 23.4. The number of nitrogens with zero attached hydrogens (tertiary/aromatic N) is 3. The molecule has 2 heterocycles. The van der Waals surface area contributed by atoms with Gasteiger partial charge in [0.15, 0.2) is 0 Å². The Hall–Kier alpha value is -3.78. The minimum Gasteiger partial charge on any atom is -0.461 e. The molecule has 4 aromatic rings. The molecule has 8 heteroatoms. The van der Waals surface area contributed by atoms with Crippen LogP contribution in [0.1, 0.15) is 26.4 Å². The smallest absolute Gasteiger partial charge is 0.348 e. The largest absolute Gasteiger partial charge is 0.461 e. The van der Waals surface area contributed by atoms with E-state index in [1.807, 2.05) is 60.7 Å². The van der Waals surface area contributed by atoms with Gasteiger partial charge in [-0.25, -0.2) is 9.78 Å². The highest BCUT2D eigenvalue weighted by Gasteiger charge is 2.21. The van der Waals surface area contributed by atoms with Crippen molar-refractivity contribution >= 4 is 33.4 Å². The number of benzene rings is 2. The fraction of sp³-hybridized carbons (Fsp3) is 0.231. The average Bonchev–Trinajstić information content (AvgIpc) is 3.19. The predicted molar refractivity (Wildman–Crippen MR) is 132 cm³/mol. The second kappa shape index (κ2) is 10.4. The maximum Gasteiger partial charge on any atom is 0.348 e. The van der Waals surface area contributed by atoms with E-state index in [-0.39, 0.29) is 24.6 Å². The van der Waals surface area contributed by atoms with Crippen LogP contribution in [-0.2, 0) is 29.0 Å². The van der Waals surface area contributed by atoms with Crippen molar-refractivity contribution in [1.29, 1.82) is 0 Å². The van der Waals surface area contributed by atoms with Gasteiger partial charge in [0.1, 0.15) is 16.3 Å². The van der Waals surface area contributed by atoms with Crippen LogP contribution < -0.4 is 5.56 Å². The molecule has 0 fully saturated rings. The molecule has 0 unspecified atom stereocenters. The van der Waals surface area contributed by atoms with Gasteiger partial charge in [-0.15, -0.1) is 11.3 Å². The predicted octanol–water partition coefficient (Wildman–Crippen LogP) is 3.82. The maximum absolute atomic E-state index is 13.1. The highest BCUT2D eigenvalue weighted by Crippen LogP contribution is 2.27. The first-order valence-electron chi connectivity index (χ1n) is 10.9. The Morgan fingerprint density at radius 1 is 1.03 bits per heavy atom. The molecule has 7 nitrogen and oxygen atoms in total. The van der Waals surface area contributed by atoms with Gasteiger partial charge in [0, 0.05) is 20.0 Å². The number of hydrogen-bond acceptors (Lipinski definition) is 6. The van der Waals surface area contributed by atoms with Gasteiger partial charge in [0.25, 0.3) is 5.56 Å². The molecule has 0 aliphatic rings. The number of aromatic nitrogens is 2. The molecule has 34 heavy (non-hydrogen) atoms. The quantitative estimate of drug-likeness (QED) is 0.362. The van der Waals surface area contributed by atoms with Crippen molar-refractivity contribution in [2.24, 2.45) is 0 Å². The Morgan fingerprint density at radius 3 is 2.35 bits per heavy atom. The molecule has 2 aromatic heterocycles. The van der Waals surface area contributed by atoms with Crippen LogP contribution in [0, 0.1) is 6.92 Å². The van der Waals surface area contributed by atoms with Gasteiger partial charge < -0.3 is 9.64 Å². The SMILES string of the molecule is Cc1c(C(=O)OCCc2ccccc2)sc2ncn(CC(=O)N(C)Cc3ccccc3)c(=O)c12. The van der Waals surface area contributed by atoms with Gasteiger partial charge in [0.05, 0.1) is 18.3 Å². The molecule has 2 aromatic carbocycles. The Labute approximate surface area is 201 Å². The first-order valence-corrected chi connectivity index (χ1v) is 11.7. The summed E-state index contributed by atoms with van der Waals surface area (Å²) in [5.41, 5.74) is 2.27. The van der Waals surface area contributed by atoms with Crippen molar-refractivity contribution in [3.63, 3.8) is 0 Å². The normalized spacial score (nSPS) is 10.9. The van der Waals surface area contributed by atoms with Crippen LogP contribution >= 0.6 is 11.3 Å². The van der Waals surface area contributed by atoms with Crippen LogP contribution in [0.5, 0.6) is 0 Å². The van der Waals surface area contributed by atoms with E-state index >= 15 is 0 Å². The molecule has 0 saturated carbocycles. The van der Waals surface area contributed by atoms with Crippen molar-refractivity contribution < 1.29 is 14.3 Å². The molecule has 0 aliphatic carbocycles. The highest BCUT2D eigenvalue weighted by molar-refractivity contribution is 7.20. The van der Waals surface area contributed by atoms with Gasteiger partial charge >= 0.3 is 5.97 Å². The van der Waals surface area contributed by atoms with Crippen LogP contribution in [0.25, 0.3) is 10.2 Å². The molecule has 0 N–H and O–H groups in total. The first-order chi connectivity index (χ1) is 16.4. The number of thiophene rings is 1. The minimum absolute atomic E-state index is 0.128. The van der Waals surface area contributed by atoms with E-state index < -0.39 is 5.97 Å². The number of carbonyl (C=O) groups is 2. The average molecular weight is 476 g/mol. The molecule has 1 amide bonds. The maximum atomic E-state index is 13.1. The Morgan fingerprint density at radius 2 is 1.68 bits per heavy atom. The summed E-state index contributed by atoms with van der Waals surface area (Å²) >= 11 is 1.13. The van der Waals surface area contributed by atoms with Crippen LogP contribution in [0.15, 0.2) is 71.8 Å². The fourth-order valence-corrected chi connectivity index (χ4v) is 4.68. The van der Waals surface area contributed by atoms with Crippen LogP contribution in [0.2, 0.25) is 0 Å². The third-order valence-electron chi connectivity index (χ3n) is 5.56. The van der Waals surface area contributed by atoms with E-state index in [9.17, 15) is 14.4 Å². The lowest BCUT2D eigenvalue weighted by Gasteiger charge is -2.17. The number of ether oxygens (including phenoxy) is 1. The number of esters is 1. The number of hydrogen-bond donors (Lipinski definition) is 0. The van der Waals surface area contributed by atoms with Gasteiger partial charge in [-0.05, 0) is 23.6 Å². The third-order valence-corrected chi connectivity index (χ3v) is 6.74. The number of carbonyl (C=O) groups excluding carboxylic acids is 2. The van der Waals surface area contributed by atoms with E-state index in [1.54, 1.807) is 18.9 Å². The zero-order valence-corrected chi connectivity index (χ0v) is 19.9. The standard InChI is InChI=1S/C26H25N3O4S/c1-18-22-24(34-23(18)26(32)33-14-13-19-9-5-3-6-10-19)27-17-29(25(22)31)16-21(30)28(2)15-20-11-7-4-8-12-20/h3-12,17H,13-16H2,1-2H3. The summed E-state index contributed by atoms with van der Waals surface area (Å²) in [6.07, 6.45) is 1.97. The zero-order valence-electron chi connectivity index (χ0n) is 19.1. The van der Waals surface area contributed by atoms with Crippen LogP contribution in [-0.4, -0.2) is 40.0 Å². The van der Waals surface area contributed by atoms with Crippen molar-refractivity contribution in [2.45, 2.75) is 26.4 Å². The summed E-state index contributed by atoms with van der Waals surface area (Å²) in [6.45, 7) is 2.28.